The van der Waals surface area contributed by atoms with Crippen molar-refractivity contribution >= 4 is 5.91 Å². The van der Waals surface area contributed by atoms with Gasteiger partial charge in [-0.05, 0) is 65.1 Å². The van der Waals surface area contributed by atoms with Gasteiger partial charge < -0.3 is 5.32 Å². The third-order valence-corrected chi connectivity index (χ3v) is 8.74. The van der Waals surface area contributed by atoms with Crippen molar-refractivity contribution in [2.24, 2.45) is 0 Å². The Labute approximate surface area is 237 Å². The lowest BCUT2D eigenvalue weighted by molar-refractivity contribution is -0.125. The smallest absolute Gasteiger partial charge is 0.235 e. The van der Waals surface area contributed by atoms with Crippen molar-refractivity contribution < 1.29 is 4.79 Å². The Hall–Kier alpha value is -4.43. The maximum Gasteiger partial charge on any atom is 0.235 e. The highest BCUT2D eigenvalue weighted by Crippen LogP contribution is 2.51. The summed E-state index contributed by atoms with van der Waals surface area (Å²) in [4.78, 5) is 14.7. The second-order valence-corrected chi connectivity index (χ2v) is 11.1. The van der Waals surface area contributed by atoms with Gasteiger partial charge in [0.05, 0.1) is 0 Å². The molecule has 0 radical (unpaired) electrons. The van der Waals surface area contributed by atoms with Gasteiger partial charge >= 0.3 is 0 Å². The zero-order valence-electron chi connectivity index (χ0n) is 23.0. The molecule has 0 saturated heterocycles. The fraction of sp³-hybridized carbons (Fsp3) is 0.184. The maximum absolute atomic E-state index is 14.7. The molecule has 0 spiro atoms. The van der Waals surface area contributed by atoms with Gasteiger partial charge in [-0.1, -0.05) is 140 Å². The van der Waals surface area contributed by atoms with Crippen molar-refractivity contribution in [1.29, 1.82) is 0 Å². The maximum atomic E-state index is 14.7. The minimum absolute atomic E-state index is 0.0797. The highest BCUT2D eigenvalue weighted by atomic mass is 16.2. The van der Waals surface area contributed by atoms with E-state index < -0.39 is 5.41 Å². The largest absolute Gasteiger partial charge is 0.354 e. The Bertz CT molecular complexity index is 1510. The molecule has 1 aliphatic carbocycles. The predicted octanol–water partition coefficient (Wildman–Crippen LogP) is 8.10. The van der Waals surface area contributed by atoms with Gasteiger partial charge in [-0.25, -0.2) is 0 Å². The van der Waals surface area contributed by atoms with Crippen LogP contribution in [0, 0.1) is 0 Å². The van der Waals surface area contributed by atoms with Crippen molar-refractivity contribution in [2.75, 3.05) is 6.54 Å². The van der Waals surface area contributed by atoms with Crippen LogP contribution in [-0.4, -0.2) is 12.5 Å². The standard InChI is InChI=1S/C38H35NO/c1-37(30-19-7-3-8-20-30,31-21-9-4-10-22-31)28-39-36(40)38(27-15-18-29-16-5-2-6-17-29)34-25-13-11-23-32(34)33-24-12-14-26-35(33)38/h2-14,16-17,19-26H,15,18,27-28H2,1H3,(H,39,40). The molecule has 0 unspecified atom stereocenters. The van der Waals surface area contributed by atoms with Crippen LogP contribution in [0.3, 0.4) is 0 Å². The number of hydrogen-bond acceptors (Lipinski definition) is 1. The van der Waals surface area contributed by atoms with Crippen LogP contribution in [0.5, 0.6) is 0 Å². The van der Waals surface area contributed by atoms with Crippen LogP contribution in [0.15, 0.2) is 140 Å². The predicted molar refractivity (Wildman–Crippen MR) is 164 cm³/mol. The number of carbonyl (C=O) groups is 1. The van der Waals surface area contributed by atoms with Gasteiger partial charge in [0.2, 0.25) is 5.91 Å². The SMILES string of the molecule is CC(CNC(=O)C1(CCCc2ccccc2)c2ccccc2-c2ccccc21)(c1ccccc1)c1ccccc1. The highest BCUT2D eigenvalue weighted by molar-refractivity contribution is 6.00. The van der Waals surface area contributed by atoms with Crippen LogP contribution in [0.1, 0.15) is 47.6 Å². The number of rotatable bonds is 9. The molecule has 0 bridgehead atoms. The molecule has 1 amide bonds. The first-order chi connectivity index (χ1) is 19.6. The molecule has 0 aromatic heterocycles. The van der Waals surface area contributed by atoms with E-state index in [9.17, 15) is 4.79 Å². The van der Waals surface area contributed by atoms with Crippen molar-refractivity contribution in [2.45, 2.75) is 37.0 Å². The first-order valence-corrected chi connectivity index (χ1v) is 14.3. The molecule has 6 rings (SSSR count). The summed E-state index contributed by atoms with van der Waals surface area (Å²) in [6, 6.07) is 48.6. The van der Waals surface area contributed by atoms with E-state index in [1.165, 1.54) is 27.8 Å². The zero-order chi connectivity index (χ0) is 27.4. The Morgan fingerprint density at radius 1 is 0.625 bits per heavy atom. The topological polar surface area (TPSA) is 29.1 Å². The minimum atomic E-state index is -0.740. The van der Waals surface area contributed by atoms with E-state index in [4.69, 9.17) is 0 Å². The Kier molecular flexibility index (Phi) is 7.09. The van der Waals surface area contributed by atoms with Gasteiger partial charge in [0.1, 0.15) is 5.41 Å². The molecule has 2 heteroatoms. The first-order valence-electron chi connectivity index (χ1n) is 14.3. The number of hydrogen-bond donors (Lipinski definition) is 1. The fourth-order valence-corrected chi connectivity index (χ4v) is 6.55. The second-order valence-electron chi connectivity index (χ2n) is 11.1. The van der Waals surface area contributed by atoms with Gasteiger partial charge in [-0.3, -0.25) is 4.79 Å². The molecule has 0 saturated carbocycles. The number of aryl methyl sites for hydroxylation is 1. The first kappa shape index (κ1) is 25.8. The molecule has 0 fully saturated rings. The van der Waals surface area contributed by atoms with Gasteiger partial charge in [-0.2, -0.15) is 0 Å². The van der Waals surface area contributed by atoms with Crippen LogP contribution in [0.4, 0.5) is 0 Å². The van der Waals surface area contributed by atoms with Crippen molar-refractivity contribution in [3.05, 3.63) is 167 Å². The lowest BCUT2D eigenvalue weighted by atomic mass is 9.72. The minimum Gasteiger partial charge on any atom is -0.354 e. The Morgan fingerprint density at radius 2 is 1.07 bits per heavy atom. The molecule has 1 aliphatic rings. The molecule has 1 N–H and O–H groups in total. The van der Waals surface area contributed by atoms with Crippen LogP contribution in [0.25, 0.3) is 11.1 Å². The summed E-state index contributed by atoms with van der Waals surface area (Å²) in [6.07, 6.45) is 2.59. The van der Waals surface area contributed by atoms with Crippen LogP contribution >= 0.6 is 0 Å². The average molecular weight is 522 g/mol. The van der Waals surface area contributed by atoms with E-state index in [1.807, 2.05) is 12.1 Å². The monoisotopic (exact) mass is 521 g/mol. The molecule has 2 nitrogen and oxygen atoms in total. The van der Waals surface area contributed by atoms with Gasteiger partial charge in [0.25, 0.3) is 0 Å². The normalized spacial score (nSPS) is 13.3. The van der Waals surface area contributed by atoms with E-state index in [0.717, 1.165) is 30.4 Å². The molecule has 0 heterocycles. The molecule has 5 aromatic rings. The lowest BCUT2D eigenvalue weighted by Gasteiger charge is -2.35. The second kappa shape index (κ2) is 11.0. The summed E-state index contributed by atoms with van der Waals surface area (Å²) in [6.45, 7) is 2.74. The molecule has 198 valence electrons. The van der Waals surface area contributed by atoms with Crippen LogP contribution < -0.4 is 5.32 Å². The quantitative estimate of drug-likeness (QED) is 0.209. The average Bonchev–Trinajstić information content (AvgIpc) is 3.32. The summed E-state index contributed by atoms with van der Waals surface area (Å²) < 4.78 is 0. The van der Waals surface area contributed by atoms with E-state index in [-0.39, 0.29) is 11.3 Å². The summed E-state index contributed by atoms with van der Waals surface area (Å²) in [5, 5.41) is 3.49. The molecule has 0 atom stereocenters. The molecular weight excluding hydrogens is 486 g/mol. The Balaban J connectivity index is 1.38. The third kappa shape index (κ3) is 4.54. The zero-order valence-corrected chi connectivity index (χ0v) is 23.0. The number of amides is 1. The summed E-state index contributed by atoms with van der Waals surface area (Å²) >= 11 is 0. The number of carbonyl (C=O) groups excluding carboxylic acids is 1. The van der Waals surface area contributed by atoms with Crippen LogP contribution in [-0.2, 0) is 22.0 Å². The molecule has 40 heavy (non-hydrogen) atoms. The molecule has 0 aliphatic heterocycles. The van der Waals surface area contributed by atoms with Gasteiger partial charge in [-0.15, -0.1) is 0 Å². The Morgan fingerprint density at radius 3 is 1.60 bits per heavy atom. The van der Waals surface area contributed by atoms with Gasteiger partial charge in [0.15, 0.2) is 0 Å². The number of nitrogens with one attached hydrogen (secondary N) is 1. The van der Waals surface area contributed by atoms with Gasteiger partial charge in [0, 0.05) is 12.0 Å². The highest BCUT2D eigenvalue weighted by Gasteiger charge is 2.48. The summed E-state index contributed by atoms with van der Waals surface area (Å²) in [5.41, 5.74) is 7.13. The molecule has 5 aromatic carbocycles. The third-order valence-electron chi connectivity index (χ3n) is 8.74. The van der Waals surface area contributed by atoms with E-state index in [0.29, 0.717) is 6.54 Å². The van der Waals surface area contributed by atoms with Crippen molar-refractivity contribution in [3.63, 3.8) is 0 Å². The van der Waals surface area contributed by atoms with Crippen molar-refractivity contribution in [3.8, 4) is 11.1 Å². The lowest BCUT2D eigenvalue weighted by Crippen LogP contribution is -2.48. The fourth-order valence-electron chi connectivity index (χ4n) is 6.55. The summed E-state index contributed by atoms with van der Waals surface area (Å²) in [7, 11) is 0. The van der Waals surface area contributed by atoms with Crippen molar-refractivity contribution in [1.82, 2.24) is 5.32 Å². The molecular formula is C38H35NO. The van der Waals surface area contributed by atoms with Crippen LogP contribution in [0.2, 0.25) is 0 Å². The van der Waals surface area contributed by atoms with E-state index in [2.05, 4.69) is 140 Å². The number of benzene rings is 5. The number of fused-ring (bicyclic) bond motifs is 3. The summed E-state index contributed by atoms with van der Waals surface area (Å²) in [5.74, 6) is 0.0797. The van der Waals surface area contributed by atoms with E-state index in [1.54, 1.807) is 0 Å². The van der Waals surface area contributed by atoms with E-state index >= 15 is 0 Å².